The van der Waals surface area contributed by atoms with Crippen LogP contribution in [0.1, 0.15) is 5.56 Å². The van der Waals surface area contributed by atoms with Gasteiger partial charge in [-0.05, 0) is 29.8 Å². The smallest absolute Gasteiger partial charge is 0.264 e. The number of benzene rings is 2. The first-order chi connectivity index (χ1) is 15.5. The number of aromatic nitrogens is 5. The van der Waals surface area contributed by atoms with Crippen LogP contribution in [0.25, 0.3) is 33.5 Å². The number of imidazole rings is 1. The summed E-state index contributed by atoms with van der Waals surface area (Å²) in [6.07, 6.45) is 1.79. The first-order valence-electron chi connectivity index (χ1n) is 9.91. The minimum Gasteiger partial charge on any atom is -0.497 e. The molecule has 5 aromatic rings. The lowest BCUT2D eigenvalue weighted by molar-refractivity contribution is 0.414. The van der Waals surface area contributed by atoms with Crippen LogP contribution < -0.4 is 15.0 Å². The Bertz CT molecular complexity index is 1520. The fraction of sp³-hybridized carbons (Fsp3) is 0.174. The summed E-state index contributed by atoms with van der Waals surface area (Å²) in [5.74, 6) is 1.83. The molecule has 3 heterocycles. The van der Waals surface area contributed by atoms with E-state index in [4.69, 9.17) is 21.1 Å². The van der Waals surface area contributed by atoms with Gasteiger partial charge in [-0.1, -0.05) is 23.7 Å². The van der Waals surface area contributed by atoms with Crippen LogP contribution in [-0.4, -0.2) is 38.5 Å². The number of nitrogens with one attached hydrogen (secondary N) is 1. The largest absolute Gasteiger partial charge is 0.497 e. The van der Waals surface area contributed by atoms with Crippen molar-refractivity contribution in [3.63, 3.8) is 0 Å². The molecule has 0 aliphatic carbocycles. The Morgan fingerprint density at radius 1 is 1.06 bits per heavy atom. The highest BCUT2D eigenvalue weighted by Crippen LogP contribution is 2.31. The van der Waals surface area contributed by atoms with E-state index in [9.17, 15) is 4.79 Å². The molecule has 0 fully saturated rings. The zero-order chi connectivity index (χ0) is 22.4. The molecule has 0 bridgehead atoms. The summed E-state index contributed by atoms with van der Waals surface area (Å²) >= 11 is 6.70. The minimum absolute atomic E-state index is 0.252. The molecule has 0 unspecified atom stereocenters. The van der Waals surface area contributed by atoms with Crippen LogP contribution in [0, 0.1) is 0 Å². The molecule has 0 radical (unpaired) electrons. The van der Waals surface area contributed by atoms with Gasteiger partial charge >= 0.3 is 0 Å². The standard InChI is InChI=1S/C23H20ClN5O3/c1-28-12-18-21(27-28)20(24)19(22-25-16-9-8-15(32-3)10-17(16)26-22)23(30)29(18)11-13-4-6-14(31-2)7-5-13/h4-10,12H,11H2,1-3H3,(H,25,26). The van der Waals surface area contributed by atoms with Crippen LogP contribution in [0.15, 0.2) is 53.5 Å². The molecule has 0 saturated heterocycles. The number of pyridine rings is 1. The predicted octanol–water partition coefficient (Wildman–Crippen LogP) is 4.00. The van der Waals surface area contributed by atoms with E-state index in [2.05, 4.69) is 15.1 Å². The van der Waals surface area contributed by atoms with Gasteiger partial charge in [0.2, 0.25) is 0 Å². The first-order valence-corrected chi connectivity index (χ1v) is 10.3. The Morgan fingerprint density at radius 2 is 1.78 bits per heavy atom. The Labute approximate surface area is 188 Å². The molecule has 0 spiro atoms. The second-order valence-corrected chi connectivity index (χ2v) is 7.81. The van der Waals surface area contributed by atoms with Crippen LogP contribution in [0.2, 0.25) is 5.02 Å². The molecular weight excluding hydrogens is 430 g/mol. The summed E-state index contributed by atoms with van der Waals surface area (Å²) in [6.45, 7) is 0.350. The molecule has 9 heteroatoms. The van der Waals surface area contributed by atoms with E-state index in [0.29, 0.717) is 34.7 Å². The molecule has 0 aliphatic rings. The molecule has 3 aromatic heterocycles. The summed E-state index contributed by atoms with van der Waals surface area (Å²) in [4.78, 5) is 21.5. The molecule has 0 saturated carbocycles. The average Bonchev–Trinajstić information content (AvgIpc) is 3.40. The second kappa shape index (κ2) is 7.72. The Balaban J connectivity index is 1.72. The van der Waals surface area contributed by atoms with Gasteiger partial charge in [-0.2, -0.15) is 5.10 Å². The number of fused-ring (bicyclic) bond motifs is 2. The van der Waals surface area contributed by atoms with Crippen molar-refractivity contribution < 1.29 is 9.47 Å². The number of ether oxygens (including phenoxy) is 2. The topological polar surface area (TPSA) is 87.0 Å². The molecule has 32 heavy (non-hydrogen) atoms. The zero-order valence-electron chi connectivity index (χ0n) is 17.7. The molecule has 1 N–H and O–H groups in total. The minimum atomic E-state index is -0.252. The lowest BCUT2D eigenvalue weighted by atomic mass is 10.2. The number of aromatic amines is 1. The van der Waals surface area contributed by atoms with Crippen LogP contribution in [0.5, 0.6) is 11.5 Å². The van der Waals surface area contributed by atoms with E-state index in [1.165, 1.54) is 0 Å². The van der Waals surface area contributed by atoms with Gasteiger partial charge in [-0.15, -0.1) is 0 Å². The van der Waals surface area contributed by atoms with Crippen molar-refractivity contribution in [3.05, 3.63) is 69.6 Å². The van der Waals surface area contributed by atoms with E-state index in [-0.39, 0.29) is 16.1 Å². The van der Waals surface area contributed by atoms with E-state index in [1.807, 2.05) is 42.5 Å². The number of nitrogens with zero attached hydrogens (tertiary/aromatic N) is 4. The third-order valence-electron chi connectivity index (χ3n) is 5.41. The summed E-state index contributed by atoms with van der Waals surface area (Å²) in [7, 11) is 5.01. The van der Waals surface area contributed by atoms with Crippen LogP contribution in [0.3, 0.4) is 0 Å². The molecule has 5 rings (SSSR count). The third-order valence-corrected chi connectivity index (χ3v) is 5.78. The summed E-state index contributed by atoms with van der Waals surface area (Å²) in [5.41, 5.74) is 3.62. The fourth-order valence-corrected chi connectivity index (χ4v) is 4.10. The number of rotatable bonds is 5. The van der Waals surface area contributed by atoms with Crippen molar-refractivity contribution in [2.75, 3.05) is 14.2 Å². The maximum absolute atomic E-state index is 13.7. The highest BCUT2D eigenvalue weighted by Gasteiger charge is 2.22. The van der Waals surface area contributed by atoms with Gasteiger partial charge < -0.3 is 19.0 Å². The molecular formula is C23H20ClN5O3. The summed E-state index contributed by atoms with van der Waals surface area (Å²) in [5, 5.41) is 4.76. The van der Waals surface area contributed by atoms with E-state index < -0.39 is 0 Å². The van der Waals surface area contributed by atoms with Crippen molar-refractivity contribution in [1.82, 2.24) is 24.3 Å². The van der Waals surface area contributed by atoms with Crippen LogP contribution in [0.4, 0.5) is 0 Å². The molecule has 8 nitrogen and oxygen atoms in total. The summed E-state index contributed by atoms with van der Waals surface area (Å²) in [6, 6.07) is 13.1. The van der Waals surface area contributed by atoms with Gasteiger partial charge in [0, 0.05) is 19.3 Å². The van der Waals surface area contributed by atoms with Crippen molar-refractivity contribution in [2.45, 2.75) is 6.54 Å². The number of halogens is 1. The van der Waals surface area contributed by atoms with Gasteiger partial charge in [-0.3, -0.25) is 9.48 Å². The van der Waals surface area contributed by atoms with Crippen LogP contribution >= 0.6 is 11.6 Å². The SMILES string of the molecule is COc1ccc(Cn2c(=O)c(-c3nc4ccc(OC)cc4[nH]3)c(Cl)c3nn(C)cc32)cc1. The average molecular weight is 450 g/mol. The van der Waals surface area contributed by atoms with Crippen molar-refractivity contribution in [3.8, 4) is 22.9 Å². The molecule has 162 valence electrons. The Morgan fingerprint density at radius 3 is 2.50 bits per heavy atom. The lowest BCUT2D eigenvalue weighted by Crippen LogP contribution is -2.23. The van der Waals surface area contributed by atoms with Crippen molar-refractivity contribution >= 4 is 33.7 Å². The highest BCUT2D eigenvalue weighted by molar-refractivity contribution is 6.37. The van der Waals surface area contributed by atoms with Gasteiger partial charge in [0.1, 0.15) is 28.4 Å². The van der Waals surface area contributed by atoms with Gasteiger partial charge in [-0.25, -0.2) is 4.98 Å². The number of hydrogen-bond donors (Lipinski definition) is 1. The van der Waals surface area contributed by atoms with Gasteiger partial charge in [0.25, 0.3) is 5.56 Å². The van der Waals surface area contributed by atoms with Gasteiger partial charge in [0.15, 0.2) is 0 Å². The Hall–Kier alpha value is -3.78. The highest BCUT2D eigenvalue weighted by atomic mass is 35.5. The summed E-state index contributed by atoms with van der Waals surface area (Å²) < 4.78 is 13.8. The maximum atomic E-state index is 13.7. The third kappa shape index (κ3) is 3.29. The number of H-pyrrole nitrogens is 1. The van der Waals surface area contributed by atoms with Crippen LogP contribution in [-0.2, 0) is 13.6 Å². The quantitative estimate of drug-likeness (QED) is 0.438. The Kier molecular flexibility index (Phi) is 4.86. The van der Waals surface area contributed by atoms with E-state index in [0.717, 1.165) is 16.8 Å². The number of hydrogen-bond acceptors (Lipinski definition) is 5. The molecule has 0 aliphatic heterocycles. The van der Waals surface area contributed by atoms with Gasteiger partial charge in [0.05, 0.1) is 42.3 Å². The number of methoxy groups -OCH3 is 2. The zero-order valence-corrected chi connectivity index (χ0v) is 18.5. The molecule has 0 atom stereocenters. The number of aryl methyl sites for hydroxylation is 1. The lowest BCUT2D eigenvalue weighted by Gasteiger charge is -2.11. The predicted molar refractivity (Wildman–Crippen MR) is 124 cm³/mol. The van der Waals surface area contributed by atoms with E-state index in [1.54, 1.807) is 36.7 Å². The maximum Gasteiger partial charge on any atom is 0.264 e. The fourth-order valence-electron chi connectivity index (χ4n) is 3.80. The monoisotopic (exact) mass is 449 g/mol. The molecule has 2 aromatic carbocycles. The van der Waals surface area contributed by atoms with E-state index >= 15 is 0 Å². The van der Waals surface area contributed by atoms with Crippen molar-refractivity contribution in [2.24, 2.45) is 7.05 Å². The normalized spacial score (nSPS) is 11.4. The first kappa shape index (κ1) is 20.1. The van der Waals surface area contributed by atoms with Crippen molar-refractivity contribution in [1.29, 1.82) is 0 Å². The second-order valence-electron chi connectivity index (χ2n) is 7.43. The molecule has 0 amide bonds.